The van der Waals surface area contributed by atoms with Gasteiger partial charge in [0.25, 0.3) is 0 Å². The Hall–Kier alpha value is -1.16. The molecule has 0 aliphatic carbocycles. The second kappa shape index (κ2) is 11.5. The van der Waals surface area contributed by atoms with Gasteiger partial charge in [-0.05, 0) is 30.4 Å². The average Bonchev–Trinajstić information content (AvgIpc) is 2.50. The van der Waals surface area contributed by atoms with E-state index in [2.05, 4.69) is 45.7 Å². The van der Waals surface area contributed by atoms with Gasteiger partial charge in [-0.15, -0.1) is 0 Å². The molecule has 118 valence electrons. The Morgan fingerprint density at radius 1 is 1.10 bits per heavy atom. The van der Waals surface area contributed by atoms with Gasteiger partial charge in [-0.25, -0.2) is 4.99 Å². The molecule has 0 saturated carbocycles. The van der Waals surface area contributed by atoms with Crippen LogP contribution in [-0.2, 0) is 6.54 Å². The SMILES string of the molecule is CSCCCCCCNC(=NCc1ccccc1)N(C)C. The highest BCUT2D eigenvalue weighted by atomic mass is 32.2. The predicted octanol–water partition coefficient (Wildman–Crippen LogP) is 3.62. The zero-order valence-corrected chi connectivity index (χ0v) is 14.5. The van der Waals surface area contributed by atoms with E-state index in [1.165, 1.54) is 37.0 Å². The van der Waals surface area contributed by atoms with E-state index >= 15 is 0 Å². The molecule has 0 bridgehead atoms. The van der Waals surface area contributed by atoms with Gasteiger partial charge < -0.3 is 10.2 Å². The highest BCUT2D eigenvalue weighted by molar-refractivity contribution is 7.98. The van der Waals surface area contributed by atoms with E-state index in [-0.39, 0.29) is 0 Å². The number of aliphatic imine (C=N–C) groups is 1. The molecule has 0 heterocycles. The van der Waals surface area contributed by atoms with E-state index in [0.29, 0.717) is 0 Å². The zero-order valence-electron chi connectivity index (χ0n) is 13.6. The lowest BCUT2D eigenvalue weighted by atomic mass is 10.2. The van der Waals surface area contributed by atoms with Crippen molar-refractivity contribution in [2.45, 2.75) is 32.2 Å². The summed E-state index contributed by atoms with van der Waals surface area (Å²) in [4.78, 5) is 6.72. The smallest absolute Gasteiger partial charge is 0.193 e. The Bertz CT molecular complexity index is 390. The zero-order chi connectivity index (χ0) is 15.3. The van der Waals surface area contributed by atoms with Crippen molar-refractivity contribution in [2.75, 3.05) is 32.6 Å². The summed E-state index contributed by atoms with van der Waals surface area (Å²) in [5, 5.41) is 3.45. The lowest BCUT2D eigenvalue weighted by Gasteiger charge is -2.17. The summed E-state index contributed by atoms with van der Waals surface area (Å²) in [7, 11) is 4.07. The van der Waals surface area contributed by atoms with Gasteiger partial charge in [0.2, 0.25) is 0 Å². The molecule has 0 spiro atoms. The van der Waals surface area contributed by atoms with E-state index in [9.17, 15) is 0 Å². The Balaban J connectivity index is 2.27. The largest absolute Gasteiger partial charge is 0.356 e. The fourth-order valence-corrected chi connectivity index (χ4v) is 2.52. The molecule has 1 aromatic rings. The highest BCUT2D eigenvalue weighted by Crippen LogP contribution is 2.04. The number of rotatable bonds is 9. The van der Waals surface area contributed by atoms with E-state index in [0.717, 1.165) is 19.0 Å². The van der Waals surface area contributed by atoms with Crippen LogP contribution in [0.3, 0.4) is 0 Å². The van der Waals surface area contributed by atoms with Crippen LogP contribution in [0.1, 0.15) is 31.2 Å². The second-order valence-corrected chi connectivity index (χ2v) is 6.34. The van der Waals surface area contributed by atoms with Gasteiger partial charge >= 0.3 is 0 Å². The molecule has 0 amide bonds. The van der Waals surface area contributed by atoms with Crippen molar-refractivity contribution in [1.29, 1.82) is 0 Å². The number of nitrogens with zero attached hydrogens (tertiary/aromatic N) is 2. The third-order valence-corrected chi connectivity index (χ3v) is 3.93. The van der Waals surface area contributed by atoms with Crippen LogP contribution >= 0.6 is 11.8 Å². The first-order chi connectivity index (χ1) is 10.2. The molecule has 0 unspecified atom stereocenters. The number of nitrogens with one attached hydrogen (secondary N) is 1. The first-order valence-electron chi connectivity index (χ1n) is 7.72. The number of thioether (sulfide) groups is 1. The van der Waals surface area contributed by atoms with Crippen molar-refractivity contribution in [1.82, 2.24) is 10.2 Å². The van der Waals surface area contributed by atoms with Crippen LogP contribution in [0, 0.1) is 0 Å². The van der Waals surface area contributed by atoms with Gasteiger partial charge in [-0.2, -0.15) is 11.8 Å². The number of guanidine groups is 1. The average molecular weight is 308 g/mol. The van der Waals surface area contributed by atoms with Crippen molar-refractivity contribution in [3.8, 4) is 0 Å². The van der Waals surface area contributed by atoms with Gasteiger partial charge in [0.15, 0.2) is 5.96 Å². The minimum atomic E-state index is 0.731. The molecular weight excluding hydrogens is 278 g/mol. The highest BCUT2D eigenvalue weighted by Gasteiger charge is 2.00. The molecule has 0 saturated heterocycles. The molecule has 1 N–H and O–H groups in total. The molecule has 0 aromatic heterocycles. The number of unbranched alkanes of at least 4 members (excludes halogenated alkanes) is 3. The van der Waals surface area contributed by atoms with Crippen LogP contribution < -0.4 is 5.32 Å². The molecule has 0 fully saturated rings. The van der Waals surface area contributed by atoms with Crippen LogP contribution in [0.4, 0.5) is 0 Å². The van der Waals surface area contributed by atoms with Gasteiger partial charge in [-0.1, -0.05) is 43.2 Å². The van der Waals surface area contributed by atoms with E-state index < -0.39 is 0 Å². The topological polar surface area (TPSA) is 27.6 Å². The van der Waals surface area contributed by atoms with Crippen molar-refractivity contribution >= 4 is 17.7 Å². The first-order valence-corrected chi connectivity index (χ1v) is 9.12. The van der Waals surface area contributed by atoms with E-state index in [4.69, 9.17) is 0 Å². The molecular formula is C17H29N3S. The van der Waals surface area contributed by atoms with Crippen LogP contribution in [0.2, 0.25) is 0 Å². The van der Waals surface area contributed by atoms with Crippen molar-refractivity contribution in [2.24, 2.45) is 4.99 Å². The van der Waals surface area contributed by atoms with Crippen LogP contribution in [-0.4, -0.2) is 43.5 Å². The minimum Gasteiger partial charge on any atom is -0.356 e. The van der Waals surface area contributed by atoms with E-state index in [1.807, 2.05) is 31.9 Å². The second-order valence-electron chi connectivity index (χ2n) is 5.35. The van der Waals surface area contributed by atoms with Gasteiger partial charge in [0, 0.05) is 20.6 Å². The van der Waals surface area contributed by atoms with Crippen molar-refractivity contribution in [3.05, 3.63) is 35.9 Å². The van der Waals surface area contributed by atoms with Gasteiger partial charge in [0.05, 0.1) is 6.54 Å². The van der Waals surface area contributed by atoms with Crippen molar-refractivity contribution < 1.29 is 0 Å². The summed E-state index contributed by atoms with van der Waals surface area (Å²) in [5.74, 6) is 2.26. The first kappa shape index (κ1) is 17.9. The molecule has 0 aliphatic heterocycles. The number of benzene rings is 1. The normalized spacial score (nSPS) is 11.5. The summed E-state index contributed by atoms with van der Waals surface area (Å²) >= 11 is 1.94. The van der Waals surface area contributed by atoms with Crippen LogP contribution in [0.15, 0.2) is 35.3 Å². The quantitative estimate of drug-likeness (QED) is 0.429. The molecule has 3 nitrogen and oxygen atoms in total. The number of hydrogen-bond donors (Lipinski definition) is 1. The Morgan fingerprint density at radius 2 is 1.81 bits per heavy atom. The van der Waals surface area contributed by atoms with Crippen molar-refractivity contribution in [3.63, 3.8) is 0 Å². The minimum absolute atomic E-state index is 0.731. The Morgan fingerprint density at radius 3 is 2.48 bits per heavy atom. The maximum atomic E-state index is 4.67. The predicted molar refractivity (Wildman–Crippen MR) is 96.1 cm³/mol. The van der Waals surface area contributed by atoms with Crippen LogP contribution in [0.5, 0.6) is 0 Å². The summed E-state index contributed by atoms with van der Waals surface area (Å²) in [5.41, 5.74) is 1.25. The Kier molecular flexibility index (Phi) is 9.79. The monoisotopic (exact) mass is 307 g/mol. The summed E-state index contributed by atoms with van der Waals surface area (Å²) in [6.45, 7) is 1.74. The molecule has 1 aromatic carbocycles. The third kappa shape index (κ3) is 8.66. The fourth-order valence-electron chi connectivity index (χ4n) is 2.03. The fraction of sp³-hybridized carbons (Fsp3) is 0.588. The summed E-state index contributed by atoms with van der Waals surface area (Å²) in [6, 6.07) is 10.4. The summed E-state index contributed by atoms with van der Waals surface area (Å²) in [6.07, 6.45) is 7.36. The molecule has 4 heteroatoms. The van der Waals surface area contributed by atoms with E-state index in [1.54, 1.807) is 0 Å². The Labute approximate surface area is 134 Å². The molecule has 0 aliphatic rings. The van der Waals surface area contributed by atoms with Gasteiger partial charge in [0.1, 0.15) is 0 Å². The number of hydrogen-bond acceptors (Lipinski definition) is 2. The summed E-state index contributed by atoms with van der Waals surface area (Å²) < 4.78 is 0. The van der Waals surface area contributed by atoms with Crippen LogP contribution in [0.25, 0.3) is 0 Å². The molecule has 1 rings (SSSR count). The maximum Gasteiger partial charge on any atom is 0.193 e. The standard InChI is InChI=1S/C17H29N3S/c1-20(2)17(18-13-9-4-5-10-14-21-3)19-15-16-11-7-6-8-12-16/h6-8,11-12H,4-5,9-10,13-15H2,1-3H3,(H,18,19). The lowest BCUT2D eigenvalue weighted by molar-refractivity contribution is 0.566. The maximum absolute atomic E-state index is 4.67. The van der Waals surface area contributed by atoms with Gasteiger partial charge in [-0.3, -0.25) is 0 Å². The molecule has 0 atom stereocenters. The lowest BCUT2D eigenvalue weighted by Crippen LogP contribution is -2.37. The molecule has 21 heavy (non-hydrogen) atoms. The third-order valence-electron chi connectivity index (χ3n) is 3.24. The molecule has 0 radical (unpaired) electrons.